The van der Waals surface area contributed by atoms with Crippen molar-refractivity contribution < 1.29 is 14.3 Å². The maximum Gasteiger partial charge on any atom is 0.351 e. The van der Waals surface area contributed by atoms with Gasteiger partial charge in [-0.2, -0.15) is 5.26 Å². The summed E-state index contributed by atoms with van der Waals surface area (Å²) < 4.78 is 11.6. The fraction of sp³-hybridized carbons (Fsp3) is 0.333. The van der Waals surface area contributed by atoms with Gasteiger partial charge in [-0.3, -0.25) is 0 Å². The van der Waals surface area contributed by atoms with E-state index in [0.29, 0.717) is 23.3 Å². The molecule has 35 heavy (non-hydrogen) atoms. The summed E-state index contributed by atoms with van der Waals surface area (Å²) in [6.07, 6.45) is 4.02. The normalized spacial score (nSPS) is 14.4. The lowest BCUT2D eigenvalue weighted by atomic mass is 10.1. The number of carbonyl (C=O) groups excluding carboxylic acids is 1. The first-order valence-electron chi connectivity index (χ1n) is 11.8. The highest BCUT2D eigenvalue weighted by Gasteiger charge is 2.28. The molecule has 0 saturated carbocycles. The predicted octanol–water partition coefficient (Wildman–Crippen LogP) is 6.37. The average Bonchev–Trinajstić information content (AvgIpc) is 3.43. The number of aromatic nitrogens is 1. The van der Waals surface area contributed by atoms with Gasteiger partial charge in [0.05, 0.1) is 29.6 Å². The Morgan fingerprint density at radius 3 is 2.57 bits per heavy atom. The quantitative estimate of drug-likeness (QED) is 0.179. The van der Waals surface area contributed by atoms with Crippen LogP contribution in [0.15, 0.2) is 53.0 Å². The summed E-state index contributed by atoms with van der Waals surface area (Å²) in [6.45, 7) is 6.62. The summed E-state index contributed by atoms with van der Waals surface area (Å²) in [6, 6.07) is 15.2. The fourth-order valence-electron chi connectivity index (χ4n) is 3.40. The second-order valence-corrected chi connectivity index (χ2v) is 8.88. The van der Waals surface area contributed by atoms with Crippen molar-refractivity contribution in [1.29, 1.82) is 5.26 Å². The first-order valence-corrected chi connectivity index (χ1v) is 12.6. The number of hydrogen-bond acceptors (Lipinski definition) is 7. The topological polar surface area (TPSA) is 96.6 Å². The Labute approximate surface area is 210 Å². The average molecular weight is 491 g/mol. The van der Waals surface area contributed by atoms with Crippen molar-refractivity contribution >= 4 is 44.2 Å². The van der Waals surface area contributed by atoms with Gasteiger partial charge < -0.3 is 14.8 Å². The van der Waals surface area contributed by atoms with Gasteiger partial charge >= 0.3 is 5.97 Å². The van der Waals surface area contributed by atoms with E-state index >= 15 is 0 Å². The Kier molecular flexibility index (Phi) is 9.39. The third kappa shape index (κ3) is 6.25. The maximum atomic E-state index is 12.6. The van der Waals surface area contributed by atoms with Crippen LogP contribution >= 0.6 is 11.3 Å². The molecule has 0 spiro atoms. The number of thiazole rings is 1. The summed E-state index contributed by atoms with van der Waals surface area (Å²) in [5.41, 5.74) is 2.70. The van der Waals surface area contributed by atoms with Crippen molar-refractivity contribution in [3.8, 4) is 11.8 Å². The van der Waals surface area contributed by atoms with Crippen LogP contribution in [0.1, 0.15) is 57.6 Å². The van der Waals surface area contributed by atoms with Crippen LogP contribution in [-0.2, 0) is 9.53 Å². The highest BCUT2D eigenvalue weighted by Crippen LogP contribution is 2.33. The molecule has 0 bridgehead atoms. The molecule has 0 unspecified atom stereocenters. The Balaban J connectivity index is 0.00000108. The highest BCUT2D eigenvalue weighted by molar-refractivity contribution is 7.22. The zero-order valence-electron chi connectivity index (χ0n) is 20.6. The minimum atomic E-state index is -0.630. The van der Waals surface area contributed by atoms with Crippen LogP contribution in [0, 0.1) is 11.3 Å². The summed E-state index contributed by atoms with van der Waals surface area (Å²) in [5, 5.41) is 13.4. The number of methoxy groups -OCH3 is 1. The number of aliphatic imine (C=N–C) groups is 1. The maximum absolute atomic E-state index is 12.6. The minimum absolute atomic E-state index is 0.0619. The van der Waals surface area contributed by atoms with Gasteiger partial charge in [0.15, 0.2) is 5.57 Å². The molecule has 0 saturated heterocycles. The van der Waals surface area contributed by atoms with Crippen LogP contribution in [0.4, 0.5) is 5.13 Å². The Morgan fingerprint density at radius 2 is 1.89 bits per heavy atom. The van der Waals surface area contributed by atoms with Crippen LogP contribution in [0.5, 0.6) is 5.75 Å². The molecule has 0 fully saturated rings. The zero-order valence-corrected chi connectivity index (χ0v) is 21.4. The van der Waals surface area contributed by atoms with Gasteiger partial charge in [0.25, 0.3) is 0 Å². The Hall–Kier alpha value is -3.70. The minimum Gasteiger partial charge on any atom is -0.497 e. The molecule has 2 aromatic carbocycles. The van der Waals surface area contributed by atoms with E-state index in [1.807, 2.05) is 48.5 Å². The first-order chi connectivity index (χ1) is 17.1. The van der Waals surface area contributed by atoms with Crippen molar-refractivity contribution in [3.63, 3.8) is 0 Å². The summed E-state index contributed by atoms with van der Waals surface area (Å²) >= 11 is 1.43. The van der Waals surface area contributed by atoms with Crippen molar-refractivity contribution in [1.82, 2.24) is 10.3 Å². The molecule has 1 aliphatic heterocycles. The fourth-order valence-corrected chi connectivity index (χ4v) is 4.27. The van der Waals surface area contributed by atoms with Crippen LogP contribution in [0.2, 0.25) is 0 Å². The Bertz CT molecular complexity index is 1290. The first kappa shape index (κ1) is 25.9. The van der Waals surface area contributed by atoms with E-state index in [2.05, 4.69) is 36.1 Å². The molecule has 2 heterocycles. The van der Waals surface area contributed by atoms with E-state index in [1.165, 1.54) is 17.8 Å². The Morgan fingerprint density at radius 1 is 1.14 bits per heavy atom. The van der Waals surface area contributed by atoms with E-state index < -0.39 is 5.97 Å². The van der Waals surface area contributed by atoms with Crippen LogP contribution < -0.4 is 10.1 Å². The van der Waals surface area contributed by atoms with Gasteiger partial charge in [0.2, 0.25) is 5.13 Å². The molecule has 182 valence electrons. The number of ether oxygens (including phenoxy) is 2. The largest absolute Gasteiger partial charge is 0.497 e. The molecule has 3 aromatic rings. The summed E-state index contributed by atoms with van der Waals surface area (Å²) in [7, 11) is 1.62. The number of benzene rings is 2. The van der Waals surface area contributed by atoms with Crippen LogP contribution in [0.25, 0.3) is 15.9 Å². The van der Waals surface area contributed by atoms with Gasteiger partial charge in [0, 0.05) is 11.1 Å². The van der Waals surface area contributed by atoms with E-state index in [0.717, 1.165) is 46.4 Å². The molecular weight excluding hydrogens is 460 g/mol. The van der Waals surface area contributed by atoms with E-state index in [-0.39, 0.29) is 5.57 Å². The molecule has 7 nitrogen and oxygen atoms in total. The highest BCUT2D eigenvalue weighted by atomic mass is 32.1. The number of amidine groups is 1. The lowest BCUT2D eigenvalue weighted by Crippen LogP contribution is -2.18. The number of nitrogens with one attached hydrogen (secondary N) is 1. The molecular formula is C27H30N4O3S. The smallest absolute Gasteiger partial charge is 0.351 e. The van der Waals surface area contributed by atoms with E-state index in [1.54, 1.807) is 7.11 Å². The van der Waals surface area contributed by atoms with Gasteiger partial charge in [-0.1, -0.05) is 75.6 Å². The lowest BCUT2D eigenvalue weighted by Gasteiger charge is -2.06. The molecule has 0 radical (unpaired) electrons. The summed E-state index contributed by atoms with van der Waals surface area (Å²) in [4.78, 5) is 21.8. The molecule has 0 atom stereocenters. The number of fused-ring (bicyclic) bond motifs is 2. The third-order valence-electron chi connectivity index (χ3n) is 5.03. The second-order valence-electron chi connectivity index (χ2n) is 7.87. The standard InChI is InChI=1S/C24H22N4O3S.C3H8/c1-3-4-7-12-31-23(29)18(14-25)21-16-8-5-6-9-17(16)22(27-21)28-24-26-19-11-10-15(30-2)13-20(19)32-24;1-3-2/h5-6,8-11,13H,3-4,7,12H2,1-2H3,(H,26,27,28);3H2,1-2H3/b21-18-;. The van der Waals surface area contributed by atoms with E-state index in [9.17, 15) is 10.1 Å². The number of nitrogens with zero attached hydrogens (tertiary/aromatic N) is 3. The van der Waals surface area contributed by atoms with Gasteiger partial charge in [-0.25, -0.2) is 14.8 Å². The second kappa shape index (κ2) is 12.7. The zero-order chi connectivity index (χ0) is 25.2. The van der Waals surface area contributed by atoms with Crippen LogP contribution in [-0.4, -0.2) is 30.5 Å². The van der Waals surface area contributed by atoms with Crippen molar-refractivity contribution in [3.05, 3.63) is 59.2 Å². The SMILES string of the molecule is CCC.CCCCCOC(=O)/C(C#N)=C1\N/C(=N\c2nc3ccc(OC)cc3s2)c2ccccc21. The molecule has 4 rings (SSSR count). The predicted molar refractivity (Wildman–Crippen MR) is 141 cm³/mol. The van der Waals surface area contributed by atoms with Gasteiger partial charge in [-0.05, 0) is 24.6 Å². The number of carbonyl (C=O) groups is 1. The number of nitriles is 1. The molecule has 1 aromatic heterocycles. The van der Waals surface area contributed by atoms with Crippen LogP contribution in [0.3, 0.4) is 0 Å². The summed E-state index contributed by atoms with van der Waals surface area (Å²) in [5.74, 6) is 0.661. The lowest BCUT2D eigenvalue weighted by molar-refractivity contribution is -0.138. The molecule has 1 N–H and O–H groups in total. The number of esters is 1. The molecule has 1 aliphatic rings. The van der Waals surface area contributed by atoms with Gasteiger partial charge in [0.1, 0.15) is 17.7 Å². The van der Waals surface area contributed by atoms with Crippen molar-refractivity contribution in [2.45, 2.75) is 46.5 Å². The number of rotatable bonds is 7. The van der Waals surface area contributed by atoms with Crippen molar-refractivity contribution in [2.75, 3.05) is 13.7 Å². The number of hydrogen-bond donors (Lipinski definition) is 1. The molecule has 8 heteroatoms. The molecule has 0 aliphatic carbocycles. The van der Waals surface area contributed by atoms with Crippen molar-refractivity contribution in [2.24, 2.45) is 4.99 Å². The van der Waals surface area contributed by atoms with Gasteiger partial charge in [-0.15, -0.1) is 0 Å². The number of unbranched alkanes of at least 4 members (excludes halogenated alkanes) is 2. The third-order valence-corrected chi connectivity index (χ3v) is 5.95. The van der Waals surface area contributed by atoms with E-state index in [4.69, 9.17) is 9.47 Å². The monoisotopic (exact) mass is 490 g/mol. The molecule has 0 amide bonds.